The number of aromatic nitrogens is 1. The number of benzene rings is 1. The van der Waals surface area contributed by atoms with Gasteiger partial charge in [-0.25, -0.2) is 4.98 Å². The molecule has 3 rings (SSSR count). The molecule has 1 aromatic carbocycles. The number of anilines is 1. The van der Waals surface area contributed by atoms with Crippen LogP contribution in [0.3, 0.4) is 0 Å². The molecule has 2 heterocycles. The van der Waals surface area contributed by atoms with Gasteiger partial charge in [-0.05, 0) is 36.8 Å². The molecule has 0 saturated carbocycles. The van der Waals surface area contributed by atoms with Gasteiger partial charge >= 0.3 is 6.18 Å². The van der Waals surface area contributed by atoms with Gasteiger partial charge < -0.3 is 14.5 Å². The Labute approximate surface area is 165 Å². The predicted molar refractivity (Wildman–Crippen MR) is 100.0 cm³/mol. The minimum atomic E-state index is -4.41. The maximum atomic E-state index is 12.9. The zero-order valence-corrected chi connectivity index (χ0v) is 15.9. The van der Waals surface area contributed by atoms with Crippen LogP contribution in [0.1, 0.15) is 22.3 Å². The van der Waals surface area contributed by atoms with Crippen molar-refractivity contribution in [2.45, 2.75) is 12.6 Å². The van der Waals surface area contributed by atoms with E-state index in [1.165, 1.54) is 13.2 Å². The Morgan fingerprint density at radius 1 is 1.14 bits per heavy atom. The average Bonchev–Trinajstić information content (AvgIpc) is 2.93. The Morgan fingerprint density at radius 2 is 1.93 bits per heavy atom. The molecule has 1 saturated heterocycles. The van der Waals surface area contributed by atoms with Gasteiger partial charge in [-0.15, -0.1) is 0 Å². The van der Waals surface area contributed by atoms with Crippen LogP contribution in [-0.2, 0) is 6.18 Å². The summed E-state index contributed by atoms with van der Waals surface area (Å²) in [7, 11) is 1.49. The van der Waals surface area contributed by atoms with Gasteiger partial charge in [-0.1, -0.05) is 11.6 Å². The van der Waals surface area contributed by atoms with Crippen molar-refractivity contribution in [2.24, 2.45) is 0 Å². The van der Waals surface area contributed by atoms with Crippen molar-refractivity contribution < 1.29 is 22.7 Å². The van der Waals surface area contributed by atoms with Gasteiger partial charge in [0.1, 0.15) is 11.6 Å². The van der Waals surface area contributed by atoms with E-state index in [9.17, 15) is 18.0 Å². The maximum Gasteiger partial charge on any atom is 0.417 e. The van der Waals surface area contributed by atoms with Gasteiger partial charge in [0, 0.05) is 37.4 Å². The van der Waals surface area contributed by atoms with Crippen LogP contribution in [0.25, 0.3) is 0 Å². The van der Waals surface area contributed by atoms with E-state index in [1.807, 2.05) is 4.90 Å². The zero-order valence-electron chi connectivity index (χ0n) is 15.2. The molecule has 0 bridgehead atoms. The number of amides is 1. The number of alkyl halides is 3. The van der Waals surface area contributed by atoms with E-state index in [0.717, 1.165) is 12.3 Å². The van der Waals surface area contributed by atoms with Crippen molar-refractivity contribution in [3.8, 4) is 5.75 Å². The number of halogens is 4. The normalized spacial score (nSPS) is 15.3. The highest BCUT2D eigenvalue weighted by Crippen LogP contribution is 2.30. The van der Waals surface area contributed by atoms with E-state index in [0.29, 0.717) is 54.8 Å². The van der Waals surface area contributed by atoms with Gasteiger partial charge in [0.05, 0.1) is 18.2 Å². The van der Waals surface area contributed by atoms with E-state index in [2.05, 4.69) is 4.98 Å². The topological polar surface area (TPSA) is 45.7 Å². The summed E-state index contributed by atoms with van der Waals surface area (Å²) in [5.74, 6) is 0.712. The molecule has 150 valence electrons. The SMILES string of the molecule is COc1ccc(Cl)cc1C(=O)N1CCCN(c2ccc(C(F)(F)F)cn2)CC1. The van der Waals surface area contributed by atoms with E-state index in [1.54, 1.807) is 23.1 Å². The Balaban J connectivity index is 1.71. The lowest BCUT2D eigenvalue weighted by Crippen LogP contribution is -2.35. The van der Waals surface area contributed by atoms with Gasteiger partial charge in [-0.3, -0.25) is 4.79 Å². The van der Waals surface area contributed by atoms with Gasteiger partial charge in [0.25, 0.3) is 5.91 Å². The van der Waals surface area contributed by atoms with Crippen LogP contribution in [0.4, 0.5) is 19.0 Å². The van der Waals surface area contributed by atoms with Crippen molar-refractivity contribution in [3.63, 3.8) is 0 Å². The number of rotatable bonds is 3. The number of ether oxygens (including phenoxy) is 1. The third-order valence-electron chi connectivity index (χ3n) is 4.57. The molecule has 0 atom stereocenters. The fraction of sp³-hybridized carbons (Fsp3) is 0.368. The first kappa shape index (κ1) is 20.3. The van der Waals surface area contributed by atoms with E-state index in [-0.39, 0.29) is 5.91 Å². The maximum absolute atomic E-state index is 12.9. The molecule has 0 unspecified atom stereocenters. The van der Waals surface area contributed by atoms with E-state index < -0.39 is 11.7 Å². The summed E-state index contributed by atoms with van der Waals surface area (Å²) in [5, 5.41) is 0.439. The molecule has 1 aromatic heterocycles. The predicted octanol–water partition coefficient (Wildman–Crippen LogP) is 4.11. The highest BCUT2D eigenvalue weighted by molar-refractivity contribution is 6.31. The molecule has 0 radical (unpaired) electrons. The monoisotopic (exact) mass is 413 g/mol. The lowest BCUT2D eigenvalue weighted by molar-refractivity contribution is -0.137. The van der Waals surface area contributed by atoms with Crippen LogP contribution in [0.5, 0.6) is 5.75 Å². The lowest BCUT2D eigenvalue weighted by Gasteiger charge is -2.23. The third-order valence-corrected chi connectivity index (χ3v) is 4.81. The summed E-state index contributed by atoms with van der Waals surface area (Å²) in [4.78, 5) is 20.4. The molecule has 1 aliphatic rings. The summed E-state index contributed by atoms with van der Waals surface area (Å²) in [5.41, 5.74) is -0.396. The van der Waals surface area contributed by atoms with Crippen LogP contribution >= 0.6 is 11.6 Å². The summed E-state index contributed by atoms with van der Waals surface area (Å²) in [6, 6.07) is 7.25. The first-order valence-corrected chi connectivity index (χ1v) is 9.08. The number of carbonyl (C=O) groups excluding carboxylic acids is 1. The second-order valence-corrected chi connectivity index (χ2v) is 6.82. The molecule has 9 heteroatoms. The van der Waals surface area contributed by atoms with Crippen molar-refractivity contribution in [1.82, 2.24) is 9.88 Å². The second kappa shape index (κ2) is 8.26. The molecule has 5 nitrogen and oxygen atoms in total. The molecule has 1 amide bonds. The first-order valence-electron chi connectivity index (χ1n) is 8.70. The van der Waals surface area contributed by atoms with Crippen molar-refractivity contribution in [3.05, 3.63) is 52.7 Å². The average molecular weight is 414 g/mol. The minimum Gasteiger partial charge on any atom is -0.496 e. The fourth-order valence-electron chi connectivity index (χ4n) is 3.11. The van der Waals surface area contributed by atoms with Gasteiger partial charge in [0.2, 0.25) is 0 Å². The molecular formula is C19H19ClF3N3O2. The van der Waals surface area contributed by atoms with Crippen molar-refractivity contribution in [1.29, 1.82) is 0 Å². The molecule has 0 N–H and O–H groups in total. The standard InChI is InChI=1S/C19H19ClF3N3O2/c1-28-16-5-4-14(20)11-15(16)18(27)26-8-2-7-25(9-10-26)17-6-3-13(12-24-17)19(21,22)23/h3-6,11-12H,2,7-10H2,1H3. The van der Waals surface area contributed by atoms with Gasteiger partial charge in [0.15, 0.2) is 0 Å². The molecule has 1 fully saturated rings. The molecule has 0 aliphatic carbocycles. The number of hydrogen-bond acceptors (Lipinski definition) is 4. The van der Waals surface area contributed by atoms with E-state index >= 15 is 0 Å². The van der Waals surface area contributed by atoms with E-state index in [4.69, 9.17) is 16.3 Å². The smallest absolute Gasteiger partial charge is 0.417 e. The van der Waals surface area contributed by atoms with Crippen LogP contribution in [0.2, 0.25) is 5.02 Å². The van der Waals surface area contributed by atoms with Crippen LogP contribution in [-0.4, -0.2) is 49.1 Å². The van der Waals surface area contributed by atoms with Crippen LogP contribution in [0, 0.1) is 0 Å². The largest absolute Gasteiger partial charge is 0.496 e. The first-order chi connectivity index (χ1) is 13.3. The molecule has 28 heavy (non-hydrogen) atoms. The Bertz CT molecular complexity index is 843. The molecule has 2 aromatic rings. The Hall–Kier alpha value is -2.48. The van der Waals surface area contributed by atoms with Crippen LogP contribution < -0.4 is 9.64 Å². The molecule has 1 aliphatic heterocycles. The number of carbonyl (C=O) groups is 1. The third kappa shape index (κ3) is 4.49. The number of pyridine rings is 1. The molecular weight excluding hydrogens is 395 g/mol. The highest BCUT2D eigenvalue weighted by atomic mass is 35.5. The van der Waals surface area contributed by atoms with Gasteiger partial charge in [-0.2, -0.15) is 13.2 Å². The second-order valence-electron chi connectivity index (χ2n) is 6.38. The Morgan fingerprint density at radius 3 is 2.57 bits per heavy atom. The number of hydrogen-bond donors (Lipinski definition) is 0. The zero-order chi connectivity index (χ0) is 20.3. The highest BCUT2D eigenvalue weighted by Gasteiger charge is 2.31. The number of nitrogens with zero attached hydrogens (tertiary/aromatic N) is 3. The summed E-state index contributed by atoms with van der Waals surface area (Å²) in [6.45, 7) is 1.99. The summed E-state index contributed by atoms with van der Waals surface area (Å²) in [6.07, 6.45) is -2.92. The lowest BCUT2D eigenvalue weighted by atomic mass is 10.1. The van der Waals surface area contributed by atoms with Crippen molar-refractivity contribution in [2.75, 3.05) is 38.2 Å². The number of methoxy groups -OCH3 is 1. The van der Waals surface area contributed by atoms with Crippen LogP contribution in [0.15, 0.2) is 36.5 Å². The quantitative estimate of drug-likeness (QED) is 0.759. The van der Waals surface area contributed by atoms with Crippen molar-refractivity contribution >= 4 is 23.3 Å². The minimum absolute atomic E-state index is 0.193. The summed E-state index contributed by atoms with van der Waals surface area (Å²) >= 11 is 6.01. The Kier molecular flexibility index (Phi) is 5.98. The fourth-order valence-corrected chi connectivity index (χ4v) is 3.28. The molecule has 0 spiro atoms. The summed E-state index contributed by atoms with van der Waals surface area (Å²) < 4.78 is 43.4.